The summed E-state index contributed by atoms with van der Waals surface area (Å²) in [5, 5.41) is 8.82. The van der Waals surface area contributed by atoms with Crippen LogP contribution in [-0.4, -0.2) is 18.1 Å². The van der Waals surface area contributed by atoms with Crippen LogP contribution in [0.4, 0.5) is 8.78 Å². The molecular weight excluding hydrogens is 266 g/mol. The summed E-state index contributed by atoms with van der Waals surface area (Å²) in [7, 11) is 1.15. The van der Waals surface area contributed by atoms with E-state index in [0.29, 0.717) is 0 Å². The summed E-state index contributed by atoms with van der Waals surface area (Å²) in [4.78, 5) is 14.8. The van der Waals surface area contributed by atoms with E-state index in [-0.39, 0.29) is 29.1 Å². The largest absolute Gasteiger partial charge is 0.469 e. The lowest BCUT2D eigenvalue weighted by atomic mass is 9.99. The number of halogens is 3. The van der Waals surface area contributed by atoms with Crippen LogP contribution in [0.25, 0.3) is 0 Å². The molecule has 0 aliphatic rings. The van der Waals surface area contributed by atoms with Gasteiger partial charge in [0.05, 0.1) is 19.4 Å². The molecule has 1 aromatic rings. The summed E-state index contributed by atoms with van der Waals surface area (Å²) in [5.41, 5.74) is -0.316. The topological polar surface area (TPSA) is 63.0 Å². The number of alkyl halides is 3. The second-order valence-electron chi connectivity index (χ2n) is 3.32. The van der Waals surface area contributed by atoms with Crippen LogP contribution in [0.1, 0.15) is 28.8 Å². The van der Waals surface area contributed by atoms with Gasteiger partial charge >= 0.3 is 5.97 Å². The van der Waals surface area contributed by atoms with Crippen LogP contribution in [0.2, 0.25) is 0 Å². The van der Waals surface area contributed by atoms with Gasteiger partial charge in [-0.15, -0.1) is 11.6 Å². The van der Waals surface area contributed by atoms with Crippen LogP contribution in [0, 0.1) is 11.3 Å². The highest BCUT2D eigenvalue weighted by atomic mass is 35.5. The van der Waals surface area contributed by atoms with Crippen molar-refractivity contribution >= 4 is 17.6 Å². The summed E-state index contributed by atoms with van der Waals surface area (Å²) in [6.45, 7) is 0. The van der Waals surface area contributed by atoms with E-state index in [0.717, 1.165) is 13.3 Å². The monoisotopic (exact) mass is 274 g/mol. The smallest absolute Gasteiger partial charge is 0.310 e. The third-order valence-electron chi connectivity index (χ3n) is 2.35. The van der Waals surface area contributed by atoms with Gasteiger partial charge in [0, 0.05) is 17.3 Å². The van der Waals surface area contributed by atoms with E-state index in [1.54, 1.807) is 6.07 Å². The van der Waals surface area contributed by atoms with Crippen LogP contribution in [0.3, 0.4) is 0 Å². The molecule has 0 aliphatic carbocycles. The van der Waals surface area contributed by atoms with Crippen molar-refractivity contribution in [1.82, 2.24) is 4.98 Å². The van der Waals surface area contributed by atoms with Crippen LogP contribution < -0.4 is 0 Å². The molecule has 18 heavy (non-hydrogen) atoms. The average Bonchev–Trinajstić information content (AvgIpc) is 2.37. The predicted octanol–water partition coefficient (Wildman–Crippen LogP) is 2.35. The Balaban J connectivity index is 3.39. The number of methoxy groups -OCH3 is 1. The lowest BCUT2D eigenvalue weighted by Crippen LogP contribution is -2.12. The molecule has 1 rings (SSSR count). The lowest BCUT2D eigenvalue weighted by molar-refractivity contribution is -0.139. The molecule has 0 amide bonds. The number of carbonyl (C=O) groups excluding carboxylic acids is 1. The summed E-state index contributed by atoms with van der Waals surface area (Å²) < 4.78 is 30.1. The molecule has 0 N–H and O–H groups in total. The Bertz CT molecular complexity index is 501. The van der Waals surface area contributed by atoms with E-state index < -0.39 is 18.0 Å². The first-order chi connectivity index (χ1) is 8.54. The Morgan fingerprint density at radius 3 is 2.72 bits per heavy atom. The maximum Gasteiger partial charge on any atom is 0.310 e. The lowest BCUT2D eigenvalue weighted by Gasteiger charge is -2.12. The number of rotatable bonds is 4. The van der Waals surface area contributed by atoms with Gasteiger partial charge in [-0.05, 0) is 5.56 Å². The number of aromatic nitrogens is 1. The van der Waals surface area contributed by atoms with Crippen molar-refractivity contribution in [3.63, 3.8) is 0 Å². The van der Waals surface area contributed by atoms with Crippen LogP contribution >= 0.6 is 11.6 Å². The van der Waals surface area contributed by atoms with E-state index in [1.807, 2.05) is 0 Å². The fourth-order valence-corrected chi connectivity index (χ4v) is 1.75. The Morgan fingerprint density at radius 2 is 2.28 bits per heavy atom. The van der Waals surface area contributed by atoms with Gasteiger partial charge in [0.25, 0.3) is 6.43 Å². The van der Waals surface area contributed by atoms with E-state index >= 15 is 0 Å². The summed E-state index contributed by atoms with van der Waals surface area (Å²) in [6, 6.07) is 1.75. The van der Waals surface area contributed by atoms with Crippen molar-refractivity contribution in [2.45, 2.75) is 18.7 Å². The van der Waals surface area contributed by atoms with Gasteiger partial charge < -0.3 is 4.74 Å². The van der Waals surface area contributed by atoms with Crippen LogP contribution in [-0.2, 0) is 21.8 Å². The van der Waals surface area contributed by atoms with Crippen molar-refractivity contribution in [2.75, 3.05) is 7.11 Å². The van der Waals surface area contributed by atoms with Crippen molar-refractivity contribution in [1.29, 1.82) is 5.26 Å². The number of nitriles is 1. The number of carbonyl (C=O) groups is 1. The first-order valence-electron chi connectivity index (χ1n) is 4.86. The molecule has 4 nitrogen and oxygen atoms in total. The van der Waals surface area contributed by atoms with Gasteiger partial charge in [0.2, 0.25) is 0 Å². The molecule has 0 radical (unpaired) electrons. The highest BCUT2D eigenvalue weighted by molar-refractivity contribution is 6.17. The molecule has 0 aromatic carbocycles. The molecule has 0 unspecified atom stereocenters. The van der Waals surface area contributed by atoms with E-state index in [9.17, 15) is 13.6 Å². The SMILES string of the molecule is COC(=O)Cc1c(C(F)F)cnc(C#N)c1CCl. The number of hydrogen-bond acceptors (Lipinski definition) is 4. The summed E-state index contributed by atoms with van der Waals surface area (Å²) >= 11 is 5.63. The highest BCUT2D eigenvalue weighted by Gasteiger charge is 2.22. The molecule has 0 aliphatic heterocycles. The van der Waals surface area contributed by atoms with E-state index in [1.165, 1.54) is 0 Å². The molecule has 1 aromatic heterocycles. The zero-order valence-electron chi connectivity index (χ0n) is 9.41. The van der Waals surface area contributed by atoms with Crippen LogP contribution in [0.5, 0.6) is 0 Å². The molecule has 7 heteroatoms. The molecule has 0 atom stereocenters. The molecular formula is C11H9ClF2N2O2. The number of hydrogen-bond donors (Lipinski definition) is 0. The van der Waals surface area contributed by atoms with Gasteiger partial charge in [0.15, 0.2) is 0 Å². The Hall–Kier alpha value is -1.74. The van der Waals surface area contributed by atoms with E-state index in [2.05, 4.69) is 9.72 Å². The average molecular weight is 275 g/mol. The molecule has 0 saturated carbocycles. The summed E-state index contributed by atoms with van der Waals surface area (Å²) in [6.07, 6.45) is -2.28. The zero-order chi connectivity index (χ0) is 13.7. The van der Waals surface area contributed by atoms with E-state index in [4.69, 9.17) is 16.9 Å². The fourth-order valence-electron chi connectivity index (χ4n) is 1.46. The highest BCUT2D eigenvalue weighted by Crippen LogP contribution is 2.28. The van der Waals surface area contributed by atoms with Gasteiger partial charge in [-0.2, -0.15) is 5.26 Å². The molecule has 0 fully saturated rings. The maximum absolute atomic E-state index is 12.8. The number of nitrogens with zero attached hydrogens (tertiary/aromatic N) is 2. The molecule has 0 bridgehead atoms. The van der Waals surface area contributed by atoms with Crippen molar-refractivity contribution in [3.8, 4) is 6.07 Å². The number of pyridine rings is 1. The Morgan fingerprint density at radius 1 is 1.61 bits per heavy atom. The molecule has 1 heterocycles. The third-order valence-corrected chi connectivity index (χ3v) is 2.62. The molecule has 0 saturated heterocycles. The van der Waals surface area contributed by atoms with Crippen LogP contribution in [0.15, 0.2) is 6.20 Å². The Kier molecular flexibility index (Phi) is 4.98. The minimum atomic E-state index is -2.80. The minimum Gasteiger partial charge on any atom is -0.469 e. The van der Waals surface area contributed by atoms with Gasteiger partial charge in [0.1, 0.15) is 11.8 Å². The normalized spacial score (nSPS) is 10.2. The maximum atomic E-state index is 12.8. The first-order valence-corrected chi connectivity index (χ1v) is 5.40. The third kappa shape index (κ3) is 2.93. The first kappa shape index (κ1) is 14.3. The number of esters is 1. The standard InChI is InChI=1S/C11H9ClF2N2O2/c1-18-10(17)2-6-7(3-12)9(4-15)16-5-8(6)11(13)14/h5,11H,2-3H2,1H3. The van der Waals surface area contributed by atoms with Crippen molar-refractivity contribution < 1.29 is 18.3 Å². The molecule has 96 valence electrons. The second kappa shape index (κ2) is 6.26. The van der Waals surface area contributed by atoms with Crippen molar-refractivity contribution in [2.24, 2.45) is 0 Å². The zero-order valence-corrected chi connectivity index (χ0v) is 10.2. The van der Waals surface area contributed by atoms with Gasteiger partial charge in [-0.3, -0.25) is 4.79 Å². The fraction of sp³-hybridized carbons (Fsp3) is 0.364. The minimum absolute atomic E-state index is 0.0124. The van der Waals surface area contributed by atoms with Gasteiger partial charge in [-0.25, -0.2) is 13.8 Å². The number of ether oxygens (including phenoxy) is 1. The van der Waals surface area contributed by atoms with Crippen molar-refractivity contribution in [3.05, 3.63) is 28.6 Å². The summed E-state index contributed by atoms with van der Waals surface area (Å²) in [5.74, 6) is -0.860. The predicted molar refractivity (Wildman–Crippen MR) is 59.2 cm³/mol. The second-order valence-corrected chi connectivity index (χ2v) is 3.59. The molecule has 0 spiro atoms. The Labute approximate surface area is 107 Å². The van der Waals surface area contributed by atoms with Gasteiger partial charge in [-0.1, -0.05) is 0 Å². The quantitative estimate of drug-likeness (QED) is 0.624.